The average molecular weight is 268 g/mol. The molecule has 112 valence electrons. The van der Waals surface area contributed by atoms with Gasteiger partial charge in [-0.1, -0.05) is 32.1 Å². The summed E-state index contributed by atoms with van der Waals surface area (Å²) in [5.74, 6) is 1.15. The number of aliphatic hydroxyl groups is 1. The predicted octanol–water partition coefficient (Wildman–Crippen LogP) is 4.30. The van der Waals surface area contributed by atoms with Crippen LogP contribution in [-0.2, 0) is 4.74 Å². The van der Waals surface area contributed by atoms with Crippen molar-refractivity contribution in [3.8, 4) is 0 Å². The van der Waals surface area contributed by atoms with Gasteiger partial charge in [0.1, 0.15) is 0 Å². The molecule has 2 fully saturated rings. The van der Waals surface area contributed by atoms with Gasteiger partial charge in [0.25, 0.3) is 0 Å². The van der Waals surface area contributed by atoms with Crippen molar-refractivity contribution in [2.24, 2.45) is 11.8 Å². The molecule has 0 aromatic rings. The first-order valence-corrected chi connectivity index (χ1v) is 8.18. The van der Waals surface area contributed by atoms with Gasteiger partial charge >= 0.3 is 0 Å². The van der Waals surface area contributed by atoms with E-state index in [4.69, 9.17) is 4.74 Å². The normalized spacial score (nSPS) is 32.4. The Hall–Kier alpha value is -0.0800. The third-order valence-electron chi connectivity index (χ3n) is 5.20. The van der Waals surface area contributed by atoms with Gasteiger partial charge in [-0.25, -0.2) is 0 Å². The Morgan fingerprint density at radius 3 is 2.26 bits per heavy atom. The molecular formula is C17H32O2. The van der Waals surface area contributed by atoms with Crippen molar-refractivity contribution >= 4 is 0 Å². The maximum atomic E-state index is 10.6. The Kier molecular flexibility index (Phi) is 4.62. The predicted molar refractivity (Wildman–Crippen MR) is 79.2 cm³/mol. The minimum Gasteiger partial charge on any atom is -0.393 e. The molecular weight excluding hydrogens is 236 g/mol. The first kappa shape index (κ1) is 15.3. The molecule has 2 aliphatic rings. The Bertz CT molecular complexity index is 290. The highest BCUT2D eigenvalue weighted by atomic mass is 16.5. The summed E-state index contributed by atoms with van der Waals surface area (Å²) < 4.78 is 6.10. The van der Waals surface area contributed by atoms with E-state index in [-0.39, 0.29) is 23.2 Å². The van der Waals surface area contributed by atoms with E-state index < -0.39 is 0 Å². The maximum Gasteiger partial charge on any atom is 0.0687 e. The van der Waals surface area contributed by atoms with E-state index in [2.05, 4.69) is 27.7 Å². The number of hydrogen-bond donors (Lipinski definition) is 1. The van der Waals surface area contributed by atoms with Crippen LogP contribution in [0.1, 0.15) is 79.1 Å². The zero-order valence-corrected chi connectivity index (χ0v) is 13.2. The van der Waals surface area contributed by atoms with Gasteiger partial charge in [0.2, 0.25) is 0 Å². The van der Waals surface area contributed by atoms with Crippen LogP contribution >= 0.6 is 0 Å². The fraction of sp³-hybridized carbons (Fsp3) is 1.00. The van der Waals surface area contributed by atoms with Crippen molar-refractivity contribution in [3.05, 3.63) is 0 Å². The fourth-order valence-electron chi connectivity index (χ4n) is 4.29. The summed E-state index contributed by atoms with van der Waals surface area (Å²) in [5, 5.41) is 10.6. The van der Waals surface area contributed by atoms with Crippen LogP contribution in [0.15, 0.2) is 0 Å². The SMILES string of the molecule is CC1(C)CC(C(O)CCC2CCCCC2)C(C)(C)O1. The number of ether oxygens (including phenoxy) is 1. The Morgan fingerprint density at radius 2 is 1.74 bits per heavy atom. The second-order valence-electron chi connectivity index (χ2n) is 7.92. The largest absolute Gasteiger partial charge is 0.393 e. The van der Waals surface area contributed by atoms with Gasteiger partial charge in [-0.05, 0) is 52.9 Å². The average Bonchev–Trinajstić information content (AvgIpc) is 2.56. The molecule has 2 nitrogen and oxygen atoms in total. The van der Waals surface area contributed by atoms with Crippen molar-refractivity contribution in [3.63, 3.8) is 0 Å². The lowest BCUT2D eigenvalue weighted by Gasteiger charge is -2.31. The standard InChI is InChI=1S/C17H32O2/c1-16(2)12-14(17(3,4)19-16)15(18)11-10-13-8-6-5-7-9-13/h13-15,18H,5-12H2,1-4H3. The van der Waals surface area contributed by atoms with Crippen LogP contribution in [-0.4, -0.2) is 22.4 Å². The molecule has 1 saturated carbocycles. The summed E-state index contributed by atoms with van der Waals surface area (Å²) in [6.07, 6.45) is 9.90. The molecule has 0 aromatic carbocycles. The number of rotatable bonds is 4. The molecule has 0 bridgehead atoms. The van der Waals surface area contributed by atoms with Gasteiger partial charge in [-0.2, -0.15) is 0 Å². The Labute approximate surface area is 118 Å². The van der Waals surface area contributed by atoms with Gasteiger partial charge in [0.15, 0.2) is 0 Å². The van der Waals surface area contributed by atoms with Crippen LogP contribution in [0.4, 0.5) is 0 Å². The van der Waals surface area contributed by atoms with Gasteiger partial charge in [0.05, 0.1) is 17.3 Å². The second kappa shape index (κ2) is 5.73. The summed E-state index contributed by atoms with van der Waals surface area (Å²) in [6.45, 7) is 8.55. The molecule has 2 heteroatoms. The molecule has 0 radical (unpaired) electrons. The van der Waals surface area contributed by atoms with E-state index in [0.29, 0.717) is 0 Å². The van der Waals surface area contributed by atoms with Crippen molar-refractivity contribution in [1.29, 1.82) is 0 Å². The molecule has 19 heavy (non-hydrogen) atoms. The number of hydrogen-bond acceptors (Lipinski definition) is 2. The van der Waals surface area contributed by atoms with E-state index in [1.165, 1.54) is 38.5 Å². The quantitative estimate of drug-likeness (QED) is 0.823. The van der Waals surface area contributed by atoms with Crippen molar-refractivity contribution < 1.29 is 9.84 Å². The zero-order chi connectivity index (χ0) is 14.1. The van der Waals surface area contributed by atoms with Crippen LogP contribution < -0.4 is 0 Å². The molecule has 1 heterocycles. The molecule has 1 N–H and O–H groups in total. The van der Waals surface area contributed by atoms with Gasteiger partial charge in [-0.3, -0.25) is 0 Å². The van der Waals surface area contributed by atoms with Crippen LogP contribution in [0.3, 0.4) is 0 Å². The van der Waals surface area contributed by atoms with E-state index in [1.54, 1.807) is 0 Å². The summed E-state index contributed by atoms with van der Waals surface area (Å²) >= 11 is 0. The van der Waals surface area contributed by atoms with E-state index >= 15 is 0 Å². The lowest BCUT2D eigenvalue weighted by Crippen LogP contribution is -2.36. The molecule has 0 amide bonds. The first-order chi connectivity index (χ1) is 8.80. The smallest absolute Gasteiger partial charge is 0.0687 e. The molecule has 2 rings (SSSR count). The monoisotopic (exact) mass is 268 g/mol. The van der Waals surface area contributed by atoms with Crippen molar-refractivity contribution in [2.75, 3.05) is 0 Å². The third-order valence-corrected chi connectivity index (χ3v) is 5.20. The zero-order valence-electron chi connectivity index (χ0n) is 13.2. The molecule has 1 saturated heterocycles. The lowest BCUT2D eigenvalue weighted by atomic mass is 9.79. The highest BCUT2D eigenvalue weighted by Crippen LogP contribution is 2.44. The molecule has 2 unspecified atom stereocenters. The van der Waals surface area contributed by atoms with Crippen LogP contribution in [0.2, 0.25) is 0 Å². The van der Waals surface area contributed by atoms with E-state index in [1.807, 2.05) is 0 Å². The summed E-state index contributed by atoms with van der Waals surface area (Å²) in [6, 6.07) is 0. The molecule has 1 aliphatic carbocycles. The lowest BCUT2D eigenvalue weighted by molar-refractivity contribution is -0.0885. The summed E-state index contributed by atoms with van der Waals surface area (Å²) in [5.41, 5.74) is -0.268. The van der Waals surface area contributed by atoms with E-state index in [9.17, 15) is 5.11 Å². The summed E-state index contributed by atoms with van der Waals surface area (Å²) in [4.78, 5) is 0. The summed E-state index contributed by atoms with van der Waals surface area (Å²) in [7, 11) is 0. The molecule has 0 aromatic heterocycles. The Morgan fingerprint density at radius 1 is 1.11 bits per heavy atom. The fourth-order valence-corrected chi connectivity index (χ4v) is 4.29. The molecule has 2 atom stereocenters. The van der Waals surface area contributed by atoms with Crippen molar-refractivity contribution in [1.82, 2.24) is 0 Å². The third kappa shape index (κ3) is 3.95. The molecule has 0 spiro atoms. The second-order valence-corrected chi connectivity index (χ2v) is 7.92. The Balaban J connectivity index is 1.83. The van der Waals surface area contributed by atoms with Gasteiger partial charge in [0, 0.05) is 5.92 Å². The van der Waals surface area contributed by atoms with Crippen LogP contribution in [0.25, 0.3) is 0 Å². The van der Waals surface area contributed by atoms with E-state index in [0.717, 1.165) is 18.8 Å². The van der Waals surface area contributed by atoms with Gasteiger partial charge < -0.3 is 9.84 Å². The highest BCUT2D eigenvalue weighted by Gasteiger charge is 2.48. The number of aliphatic hydroxyl groups excluding tert-OH is 1. The highest BCUT2D eigenvalue weighted by molar-refractivity contribution is 4.97. The topological polar surface area (TPSA) is 29.5 Å². The minimum absolute atomic E-state index is 0.0833. The first-order valence-electron chi connectivity index (χ1n) is 8.18. The van der Waals surface area contributed by atoms with Crippen LogP contribution in [0, 0.1) is 11.8 Å². The minimum atomic E-state index is -0.196. The molecule has 1 aliphatic heterocycles. The maximum absolute atomic E-state index is 10.6. The van der Waals surface area contributed by atoms with Gasteiger partial charge in [-0.15, -0.1) is 0 Å². The van der Waals surface area contributed by atoms with Crippen molar-refractivity contribution in [2.45, 2.75) is 96.4 Å². The van der Waals surface area contributed by atoms with Crippen LogP contribution in [0.5, 0.6) is 0 Å².